The van der Waals surface area contributed by atoms with Crippen molar-refractivity contribution in [2.24, 2.45) is 0 Å². The van der Waals surface area contributed by atoms with Crippen LogP contribution in [0.2, 0.25) is 28.2 Å². The molecule has 0 aliphatic heterocycles. The van der Waals surface area contributed by atoms with Crippen molar-refractivity contribution in [1.82, 2.24) is 0 Å². The van der Waals surface area contributed by atoms with Crippen molar-refractivity contribution in [3.8, 4) is 0 Å². The summed E-state index contributed by atoms with van der Waals surface area (Å²) in [5.41, 5.74) is 12.4. The third kappa shape index (κ3) is 2.25. The Morgan fingerprint density at radius 1 is 1.09 bits per heavy atom. The van der Waals surface area contributed by atoms with Crippen LogP contribution in [0.25, 0.3) is 0 Å². The van der Waals surface area contributed by atoms with Crippen LogP contribution in [-0.4, -0.2) is 0 Å². The number of rotatable bonds is 1. The molecular formula is C10H20V. The van der Waals surface area contributed by atoms with Crippen LogP contribution in [0.1, 0.15) is 6.42 Å². The summed E-state index contributed by atoms with van der Waals surface area (Å²) >= 11 is -2.49. The second-order valence-corrected chi connectivity index (χ2v) is 25.2. The van der Waals surface area contributed by atoms with E-state index < -0.39 is 11.8 Å². The normalized spacial score (nSPS) is 24.3. The van der Waals surface area contributed by atoms with Gasteiger partial charge in [0.15, 0.2) is 0 Å². The zero-order valence-corrected chi connectivity index (χ0v) is 9.78. The summed E-state index contributed by atoms with van der Waals surface area (Å²) < 4.78 is 1.69. The molecule has 0 spiro atoms. The van der Waals surface area contributed by atoms with Gasteiger partial charge in [-0.15, -0.1) is 0 Å². The van der Waals surface area contributed by atoms with Crippen LogP contribution in [-0.2, 0) is 11.8 Å². The van der Waals surface area contributed by atoms with E-state index in [1.807, 2.05) is 0 Å². The van der Waals surface area contributed by atoms with Crippen LogP contribution >= 0.6 is 0 Å². The van der Waals surface area contributed by atoms with E-state index in [4.69, 9.17) is 0 Å². The fourth-order valence-corrected chi connectivity index (χ4v) is 4.15. The van der Waals surface area contributed by atoms with Crippen molar-refractivity contribution in [2.45, 2.75) is 34.6 Å². The molecule has 0 saturated heterocycles. The molecule has 0 unspecified atom stereocenters. The van der Waals surface area contributed by atoms with E-state index in [1.54, 1.807) is 4.28 Å². The van der Waals surface area contributed by atoms with Gasteiger partial charge in [0.2, 0.25) is 0 Å². The minimum atomic E-state index is -2.49. The van der Waals surface area contributed by atoms with Gasteiger partial charge in [-0.05, 0) is 0 Å². The molecule has 0 fully saturated rings. The Hall–Kier alpha value is 0.0644. The Labute approximate surface area is 69.1 Å². The number of hydrogen-bond donors (Lipinski definition) is 0. The van der Waals surface area contributed by atoms with Crippen molar-refractivity contribution in [3.63, 3.8) is 0 Å². The molecule has 0 radical (unpaired) electrons. The average Bonchev–Trinajstić information content (AvgIpc) is 2.01. The molecule has 0 atom stereocenters. The van der Waals surface area contributed by atoms with Crippen molar-refractivity contribution in [2.75, 3.05) is 0 Å². The summed E-state index contributed by atoms with van der Waals surface area (Å²) in [6, 6.07) is 0. The van der Waals surface area contributed by atoms with Crippen LogP contribution in [0.3, 0.4) is 0 Å². The minimum absolute atomic E-state index is 1.19. The first-order chi connectivity index (χ1) is 4.59. The van der Waals surface area contributed by atoms with Crippen LogP contribution in [0.4, 0.5) is 0 Å². The van der Waals surface area contributed by atoms with Crippen molar-refractivity contribution in [1.29, 1.82) is 0 Å². The Balaban J connectivity index is 3.11. The third-order valence-electron chi connectivity index (χ3n) is 2.19. The maximum atomic E-state index is 2.47. The summed E-state index contributed by atoms with van der Waals surface area (Å²) in [6.45, 7) is 0. The Bertz CT molecular complexity index is 232. The molecule has 1 rings (SSSR count). The van der Waals surface area contributed by atoms with Crippen LogP contribution in [0.5, 0.6) is 0 Å². The predicted octanol–water partition coefficient (Wildman–Crippen LogP) is 4.30. The predicted molar refractivity (Wildman–Crippen MR) is 51.2 cm³/mol. The molecule has 65 valence electrons. The third-order valence-corrected chi connectivity index (χ3v) is 7.19. The molecule has 0 saturated carbocycles. The SMILES string of the molecule is [CH3][V]([CH3])([CH3])([CH3])([CH3])[C]1=CC=CC1. The molecule has 1 heteroatoms. The van der Waals surface area contributed by atoms with Gasteiger partial charge >= 0.3 is 68.9 Å². The van der Waals surface area contributed by atoms with E-state index in [9.17, 15) is 0 Å². The summed E-state index contributed by atoms with van der Waals surface area (Å²) in [5.74, 6) is 0. The van der Waals surface area contributed by atoms with Gasteiger partial charge in [0.1, 0.15) is 0 Å². The molecule has 0 N–H and O–H groups in total. The van der Waals surface area contributed by atoms with Gasteiger partial charge in [0, 0.05) is 0 Å². The van der Waals surface area contributed by atoms with E-state index in [0.717, 1.165) is 0 Å². The second-order valence-electron chi connectivity index (χ2n) is 6.88. The van der Waals surface area contributed by atoms with E-state index in [0.29, 0.717) is 0 Å². The monoisotopic (exact) mass is 191 g/mol. The summed E-state index contributed by atoms with van der Waals surface area (Å²) in [5, 5.41) is 0. The van der Waals surface area contributed by atoms with Gasteiger partial charge in [-0.2, -0.15) is 0 Å². The molecule has 0 bridgehead atoms. The second kappa shape index (κ2) is 1.70. The Morgan fingerprint density at radius 2 is 1.64 bits per heavy atom. The van der Waals surface area contributed by atoms with Gasteiger partial charge < -0.3 is 0 Å². The fourth-order valence-electron chi connectivity index (χ4n) is 1.27. The van der Waals surface area contributed by atoms with Crippen molar-refractivity contribution in [3.05, 3.63) is 22.5 Å². The quantitative estimate of drug-likeness (QED) is 0.579. The van der Waals surface area contributed by atoms with Crippen LogP contribution < -0.4 is 0 Å². The summed E-state index contributed by atoms with van der Waals surface area (Å²) in [6.07, 6.45) is 7.97. The van der Waals surface area contributed by atoms with E-state index in [1.165, 1.54) is 6.42 Å². The number of allylic oxidation sites excluding steroid dienone is 4. The van der Waals surface area contributed by atoms with Gasteiger partial charge in [-0.1, -0.05) is 0 Å². The fraction of sp³-hybridized carbons (Fsp3) is 0.600. The molecule has 0 aromatic carbocycles. The summed E-state index contributed by atoms with van der Waals surface area (Å²) in [4.78, 5) is 0. The van der Waals surface area contributed by atoms with E-state index >= 15 is 0 Å². The van der Waals surface area contributed by atoms with E-state index in [-0.39, 0.29) is 0 Å². The van der Waals surface area contributed by atoms with Crippen LogP contribution in [0, 0.1) is 0 Å². The first kappa shape index (κ1) is 9.15. The molecule has 1 aliphatic carbocycles. The maximum absolute atomic E-state index is 2.49. The van der Waals surface area contributed by atoms with Gasteiger partial charge in [-0.25, -0.2) is 0 Å². The molecule has 11 heavy (non-hydrogen) atoms. The Morgan fingerprint density at radius 3 is 1.82 bits per heavy atom. The van der Waals surface area contributed by atoms with E-state index in [2.05, 4.69) is 46.4 Å². The van der Waals surface area contributed by atoms with Crippen molar-refractivity contribution >= 4 is 0 Å². The zero-order chi connectivity index (χ0) is 8.81. The van der Waals surface area contributed by atoms with Gasteiger partial charge in [0.05, 0.1) is 0 Å². The molecule has 0 heterocycles. The van der Waals surface area contributed by atoms with Gasteiger partial charge in [-0.3, -0.25) is 0 Å². The molecule has 1 aliphatic rings. The van der Waals surface area contributed by atoms with Crippen molar-refractivity contribution < 1.29 is 11.8 Å². The van der Waals surface area contributed by atoms with Crippen LogP contribution in [0.15, 0.2) is 22.5 Å². The molecule has 0 aromatic rings. The topological polar surface area (TPSA) is 0 Å². The zero-order valence-electron chi connectivity index (χ0n) is 8.39. The first-order valence-electron chi connectivity index (χ1n) is 4.18. The van der Waals surface area contributed by atoms with Gasteiger partial charge in [0.25, 0.3) is 0 Å². The standard InChI is InChI=1S/C5H5.5CH3.V/c1-2-4-5-3-1;;;;;;/h1-3H,4H2;5*1H3;. The average molecular weight is 191 g/mol. The first-order valence-corrected chi connectivity index (χ1v) is 11.9. The molecule has 0 aromatic heterocycles. The number of hydrogen-bond acceptors (Lipinski definition) is 0. The Kier molecular flexibility index (Phi) is 1.41. The molecule has 0 nitrogen and oxygen atoms in total. The molecular weight excluding hydrogens is 171 g/mol. The summed E-state index contributed by atoms with van der Waals surface area (Å²) in [7, 11) is 0. The molecule has 0 amide bonds.